The summed E-state index contributed by atoms with van der Waals surface area (Å²) in [5.74, 6) is -0.0690. The second-order valence-corrected chi connectivity index (χ2v) is 5.94. The lowest BCUT2D eigenvalue weighted by atomic mass is 10.1. The standard InChI is InChI=1S/C16H26N4O/c1-19-8-9-20(2)14(12-19)11-18-16(21)15(17)10-13-6-4-3-5-7-13/h3-7,14-15H,8-12,17H2,1-2H3,(H,18,21). The van der Waals surface area contributed by atoms with Crippen LogP contribution in [0, 0.1) is 0 Å². The van der Waals surface area contributed by atoms with Gasteiger partial charge in [0.25, 0.3) is 0 Å². The summed E-state index contributed by atoms with van der Waals surface area (Å²) in [5.41, 5.74) is 7.08. The van der Waals surface area contributed by atoms with Gasteiger partial charge in [-0.2, -0.15) is 0 Å². The highest BCUT2D eigenvalue weighted by Crippen LogP contribution is 2.05. The van der Waals surface area contributed by atoms with E-state index in [1.54, 1.807) is 0 Å². The molecule has 1 aromatic rings. The zero-order chi connectivity index (χ0) is 15.2. The molecular weight excluding hydrogens is 264 g/mol. The number of nitrogens with zero attached hydrogens (tertiary/aromatic N) is 2. The lowest BCUT2D eigenvalue weighted by molar-refractivity contribution is -0.122. The molecule has 0 saturated carbocycles. The maximum absolute atomic E-state index is 12.1. The van der Waals surface area contributed by atoms with Crippen LogP contribution in [0.2, 0.25) is 0 Å². The zero-order valence-electron chi connectivity index (χ0n) is 13.0. The molecule has 21 heavy (non-hydrogen) atoms. The van der Waals surface area contributed by atoms with Crippen molar-refractivity contribution in [2.45, 2.75) is 18.5 Å². The second-order valence-electron chi connectivity index (χ2n) is 5.94. The Labute approximate surface area is 127 Å². The fraction of sp³-hybridized carbons (Fsp3) is 0.562. The van der Waals surface area contributed by atoms with E-state index in [0.29, 0.717) is 19.0 Å². The lowest BCUT2D eigenvalue weighted by Crippen LogP contribution is -2.55. The summed E-state index contributed by atoms with van der Waals surface area (Å²) < 4.78 is 0. The molecule has 5 heteroatoms. The second kappa shape index (κ2) is 7.54. The summed E-state index contributed by atoms with van der Waals surface area (Å²) in [7, 11) is 4.22. The predicted octanol–water partition coefficient (Wildman–Crippen LogP) is -0.0816. The van der Waals surface area contributed by atoms with Crippen LogP contribution in [0.15, 0.2) is 30.3 Å². The van der Waals surface area contributed by atoms with E-state index in [0.717, 1.165) is 25.2 Å². The first-order chi connectivity index (χ1) is 10.1. The highest BCUT2D eigenvalue weighted by atomic mass is 16.2. The topological polar surface area (TPSA) is 61.6 Å². The number of carbonyl (C=O) groups is 1. The van der Waals surface area contributed by atoms with Gasteiger partial charge in [-0.25, -0.2) is 0 Å². The number of piperazine rings is 1. The van der Waals surface area contributed by atoms with Gasteiger partial charge in [0.15, 0.2) is 0 Å². The van der Waals surface area contributed by atoms with Gasteiger partial charge in [0.1, 0.15) is 0 Å². The number of nitrogens with one attached hydrogen (secondary N) is 1. The number of hydrogen-bond acceptors (Lipinski definition) is 4. The molecule has 1 saturated heterocycles. The molecule has 0 spiro atoms. The number of amides is 1. The van der Waals surface area contributed by atoms with E-state index in [1.807, 2.05) is 30.3 Å². The van der Waals surface area contributed by atoms with E-state index in [9.17, 15) is 4.79 Å². The number of rotatable bonds is 5. The summed E-state index contributed by atoms with van der Waals surface area (Å²) >= 11 is 0. The highest BCUT2D eigenvalue weighted by Gasteiger charge is 2.23. The molecule has 1 amide bonds. The van der Waals surface area contributed by atoms with Crippen molar-refractivity contribution in [2.75, 3.05) is 40.3 Å². The number of carbonyl (C=O) groups excluding carboxylic acids is 1. The largest absolute Gasteiger partial charge is 0.353 e. The molecule has 1 aromatic carbocycles. The van der Waals surface area contributed by atoms with E-state index >= 15 is 0 Å². The van der Waals surface area contributed by atoms with Crippen molar-refractivity contribution in [3.8, 4) is 0 Å². The predicted molar refractivity (Wildman–Crippen MR) is 85.0 cm³/mol. The molecule has 5 nitrogen and oxygen atoms in total. The van der Waals surface area contributed by atoms with Crippen molar-refractivity contribution in [1.82, 2.24) is 15.1 Å². The lowest BCUT2D eigenvalue weighted by Gasteiger charge is -2.37. The highest BCUT2D eigenvalue weighted by molar-refractivity contribution is 5.81. The Balaban J connectivity index is 1.78. The molecule has 1 aliphatic heterocycles. The molecule has 1 aliphatic rings. The van der Waals surface area contributed by atoms with Crippen molar-refractivity contribution >= 4 is 5.91 Å². The molecule has 1 heterocycles. The Morgan fingerprint density at radius 3 is 2.76 bits per heavy atom. The third kappa shape index (κ3) is 4.81. The van der Waals surface area contributed by atoms with Crippen LogP contribution in [0.5, 0.6) is 0 Å². The van der Waals surface area contributed by atoms with Crippen LogP contribution in [0.3, 0.4) is 0 Å². The van der Waals surface area contributed by atoms with Gasteiger partial charge >= 0.3 is 0 Å². The van der Waals surface area contributed by atoms with E-state index in [-0.39, 0.29) is 5.91 Å². The average molecular weight is 290 g/mol. The molecule has 2 rings (SSSR count). The quantitative estimate of drug-likeness (QED) is 0.796. The van der Waals surface area contributed by atoms with Crippen molar-refractivity contribution in [3.63, 3.8) is 0 Å². The summed E-state index contributed by atoms with van der Waals surface area (Å²) in [5, 5.41) is 2.99. The Hall–Kier alpha value is -1.43. The number of nitrogens with two attached hydrogens (primary N) is 1. The minimum atomic E-state index is -0.487. The summed E-state index contributed by atoms with van der Waals surface area (Å²) in [4.78, 5) is 16.7. The van der Waals surface area contributed by atoms with E-state index < -0.39 is 6.04 Å². The third-order valence-corrected chi connectivity index (χ3v) is 4.13. The fourth-order valence-electron chi connectivity index (χ4n) is 2.63. The smallest absolute Gasteiger partial charge is 0.237 e. The van der Waals surface area contributed by atoms with Crippen molar-refractivity contribution < 1.29 is 4.79 Å². The molecule has 0 aromatic heterocycles. The van der Waals surface area contributed by atoms with Gasteiger partial charge in [-0.15, -0.1) is 0 Å². The average Bonchev–Trinajstić information content (AvgIpc) is 2.49. The minimum absolute atomic E-state index is 0.0690. The van der Waals surface area contributed by atoms with Crippen LogP contribution in [0.25, 0.3) is 0 Å². The van der Waals surface area contributed by atoms with Crippen LogP contribution in [0.1, 0.15) is 5.56 Å². The fourth-order valence-corrected chi connectivity index (χ4v) is 2.63. The molecule has 2 atom stereocenters. The maximum atomic E-state index is 12.1. The maximum Gasteiger partial charge on any atom is 0.237 e. The molecule has 0 radical (unpaired) electrons. The van der Waals surface area contributed by atoms with Crippen LogP contribution < -0.4 is 11.1 Å². The molecule has 1 fully saturated rings. The van der Waals surface area contributed by atoms with Crippen LogP contribution in [-0.4, -0.2) is 68.1 Å². The van der Waals surface area contributed by atoms with E-state index in [2.05, 4.69) is 29.2 Å². The van der Waals surface area contributed by atoms with Crippen LogP contribution >= 0.6 is 0 Å². The molecule has 2 unspecified atom stereocenters. The number of benzene rings is 1. The van der Waals surface area contributed by atoms with Gasteiger partial charge in [-0.3, -0.25) is 9.69 Å². The summed E-state index contributed by atoms with van der Waals surface area (Å²) in [6, 6.07) is 9.76. The van der Waals surface area contributed by atoms with Gasteiger partial charge < -0.3 is 16.0 Å². The Kier molecular flexibility index (Phi) is 5.73. The first-order valence-electron chi connectivity index (χ1n) is 7.52. The van der Waals surface area contributed by atoms with E-state index in [4.69, 9.17) is 5.73 Å². The van der Waals surface area contributed by atoms with Gasteiger partial charge in [0, 0.05) is 32.2 Å². The SMILES string of the molecule is CN1CCN(C)C(CNC(=O)C(N)Cc2ccccc2)C1. The normalized spacial score (nSPS) is 22.0. The third-order valence-electron chi connectivity index (χ3n) is 4.13. The molecule has 116 valence electrons. The Morgan fingerprint density at radius 1 is 1.33 bits per heavy atom. The van der Waals surface area contributed by atoms with Crippen LogP contribution in [-0.2, 0) is 11.2 Å². The van der Waals surface area contributed by atoms with Crippen LogP contribution in [0.4, 0.5) is 0 Å². The number of likely N-dealkylation sites (N-methyl/N-ethyl adjacent to an activating group) is 2. The first kappa shape index (κ1) is 15.9. The van der Waals surface area contributed by atoms with Gasteiger partial charge in [0.05, 0.1) is 6.04 Å². The zero-order valence-corrected chi connectivity index (χ0v) is 13.0. The molecular formula is C16H26N4O. The molecule has 3 N–H and O–H groups in total. The molecule has 0 aliphatic carbocycles. The summed E-state index contributed by atoms with van der Waals surface area (Å²) in [6.07, 6.45) is 0.576. The molecule has 0 bridgehead atoms. The minimum Gasteiger partial charge on any atom is -0.353 e. The van der Waals surface area contributed by atoms with Gasteiger partial charge in [-0.05, 0) is 26.1 Å². The monoisotopic (exact) mass is 290 g/mol. The van der Waals surface area contributed by atoms with Gasteiger partial charge in [-0.1, -0.05) is 30.3 Å². The Bertz CT molecular complexity index is 451. The van der Waals surface area contributed by atoms with Crippen molar-refractivity contribution in [1.29, 1.82) is 0 Å². The van der Waals surface area contributed by atoms with Gasteiger partial charge in [0.2, 0.25) is 5.91 Å². The van der Waals surface area contributed by atoms with Crippen molar-refractivity contribution in [2.24, 2.45) is 5.73 Å². The number of hydrogen-bond donors (Lipinski definition) is 2. The van der Waals surface area contributed by atoms with E-state index in [1.165, 1.54) is 0 Å². The summed E-state index contributed by atoms with van der Waals surface area (Å²) in [6.45, 7) is 3.74. The first-order valence-corrected chi connectivity index (χ1v) is 7.52. The Morgan fingerprint density at radius 2 is 2.05 bits per heavy atom. The van der Waals surface area contributed by atoms with Crippen molar-refractivity contribution in [3.05, 3.63) is 35.9 Å².